The fourth-order valence-electron chi connectivity index (χ4n) is 2.55. The zero-order chi connectivity index (χ0) is 15.6. The first-order valence-corrected chi connectivity index (χ1v) is 8.50. The van der Waals surface area contributed by atoms with E-state index in [1.54, 1.807) is 0 Å². The fraction of sp³-hybridized carbons (Fsp3) is 0.400. The molecule has 0 saturated heterocycles. The van der Waals surface area contributed by atoms with Crippen LogP contribution >= 0.6 is 31.9 Å². The van der Waals surface area contributed by atoms with Crippen molar-refractivity contribution >= 4 is 31.9 Å². The van der Waals surface area contributed by atoms with Crippen LogP contribution in [0.25, 0.3) is 0 Å². The Bertz CT molecular complexity index is 637. The molecule has 1 heterocycles. The lowest BCUT2D eigenvalue weighted by atomic mass is 9.98. The number of rotatable bonds is 5. The third-order valence-corrected chi connectivity index (χ3v) is 5.18. The third kappa shape index (κ3) is 3.56. The van der Waals surface area contributed by atoms with Crippen LogP contribution < -0.4 is 11.3 Å². The van der Waals surface area contributed by atoms with Crippen LogP contribution in [0.3, 0.4) is 0 Å². The molecule has 0 aliphatic rings. The van der Waals surface area contributed by atoms with E-state index in [4.69, 9.17) is 5.84 Å². The van der Waals surface area contributed by atoms with Gasteiger partial charge in [-0.05, 0) is 60.0 Å². The molecule has 1 unspecified atom stereocenters. The second kappa shape index (κ2) is 7.05. The van der Waals surface area contributed by atoms with Crippen molar-refractivity contribution in [3.8, 4) is 0 Å². The number of benzene rings is 1. The molecule has 6 heteroatoms. The predicted octanol–water partition coefficient (Wildman–Crippen LogP) is 3.79. The summed E-state index contributed by atoms with van der Waals surface area (Å²) in [7, 11) is 0. The van der Waals surface area contributed by atoms with E-state index in [0.717, 1.165) is 27.6 Å². The summed E-state index contributed by atoms with van der Waals surface area (Å²) < 4.78 is 4.17. The van der Waals surface area contributed by atoms with Crippen LogP contribution in [-0.2, 0) is 13.0 Å². The van der Waals surface area contributed by atoms with Gasteiger partial charge in [-0.3, -0.25) is 16.0 Å². The maximum atomic E-state index is 5.80. The molecular formula is C15H20Br2N4. The first-order chi connectivity index (χ1) is 9.97. The third-order valence-electron chi connectivity index (χ3n) is 3.66. The molecule has 0 spiro atoms. The molecule has 21 heavy (non-hydrogen) atoms. The molecule has 114 valence electrons. The summed E-state index contributed by atoms with van der Waals surface area (Å²) in [6.07, 6.45) is 0.786. The number of nitrogens with two attached hydrogens (primary N) is 1. The lowest BCUT2D eigenvalue weighted by molar-refractivity contribution is 0.514. The minimum Gasteiger partial charge on any atom is -0.271 e. The highest BCUT2D eigenvalue weighted by atomic mass is 79.9. The number of halogens is 2. The van der Waals surface area contributed by atoms with E-state index in [0.29, 0.717) is 0 Å². The highest BCUT2D eigenvalue weighted by molar-refractivity contribution is 9.10. The molecule has 1 atom stereocenters. The largest absolute Gasteiger partial charge is 0.271 e. The van der Waals surface area contributed by atoms with Gasteiger partial charge in [0.05, 0.1) is 21.9 Å². The van der Waals surface area contributed by atoms with Crippen LogP contribution in [0.15, 0.2) is 27.1 Å². The quantitative estimate of drug-likeness (QED) is 0.576. The molecule has 1 aromatic carbocycles. The minimum atomic E-state index is 0.0517. The number of aromatic nitrogens is 2. The molecule has 0 saturated carbocycles. The highest BCUT2D eigenvalue weighted by Crippen LogP contribution is 2.28. The van der Waals surface area contributed by atoms with E-state index in [-0.39, 0.29) is 6.04 Å². The van der Waals surface area contributed by atoms with Gasteiger partial charge in [0, 0.05) is 17.4 Å². The Hall–Kier alpha value is -0.690. The van der Waals surface area contributed by atoms with Crippen molar-refractivity contribution in [3.05, 3.63) is 49.7 Å². The smallest absolute Gasteiger partial charge is 0.0738 e. The van der Waals surface area contributed by atoms with E-state index in [1.165, 1.54) is 16.8 Å². The van der Waals surface area contributed by atoms with Gasteiger partial charge in [0.25, 0.3) is 0 Å². The van der Waals surface area contributed by atoms with Crippen molar-refractivity contribution in [1.29, 1.82) is 0 Å². The van der Waals surface area contributed by atoms with Gasteiger partial charge in [-0.2, -0.15) is 5.10 Å². The molecule has 0 aliphatic carbocycles. The van der Waals surface area contributed by atoms with E-state index < -0.39 is 0 Å². The molecule has 0 radical (unpaired) electrons. The maximum Gasteiger partial charge on any atom is 0.0738 e. The number of hydrazine groups is 1. The monoisotopic (exact) mass is 414 g/mol. The van der Waals surface area contributed by atoms with E-state index in [2.05, 4.69) is 68.4 Å². The minimum absolute atomic E-state index is 0.0517. The number of aryl methyl sites for hydroxylation is 3. The van der Waals surface area contributed by atoms with E-state index >= 15 is 0 Å². The van der Waals surface area contributed by atoms with Crippen LogP contribution in [0, 0.1) is 13.8 Å². The molecule has 1 aromatic heterocycles. The van der Waals surface area contributed by atoms with Gasteiger partial charge in [0.2, 0.25) is 0 Å². The number of hydrogen-bond acceptors (Lipinski definition) is 3. The Labute approximate surface area is 142 Å². The number of hydrogen-bond donors (Lipinski definition) is 2. The molecule has 3 N–H and O–H groups in total. The van der Waals surface area contributed by atoms with Crippen molar-refractivity contribution in [2.24, 2.45) is 5.84 Å². The Balaban J connectivity index is 2.35. The lowest BCUT2D eigenvalue weighted by Gasteiger charge is -2.19. The van der Waals surface area contributed by atoms with Gasteiger partial charge in [-0.25, -0.2) is 0 Å². The van der Waals surface area contributed by atoms with Gasteiger partial charge in [-0.15, -0.1) is 0 Å². The van der Waals surface area contributed by atoms with Crippen molar-refractivity contribution in [2.75, 3.05) is 0 Å². The zero-order valence-electron chi connectivity index (χ0n) is 12.5. The highest BCUT2D eigenvalue weighted by Gasteiger charge is 2.19. The lowest BCUT2D eigenvalue weighted by Crippen LogP contribution is -2.30. The average molecular weight is 416 g/mol. The Kier molecular flexibility index (Phi) is 5.60. The summed E-state index contributed by atoms with van der Waals surface area (Å²) in [5.74, 6) is 5.80. The van der Waals surface area contributed by atoms with Gasteiger partial charge in [0.15, 0.2) is 0 Å². The van der Waals surface area contributed by atoms with Crippen LogP contribution in [-0.4, -0.2) is 9.78 Å². The second-order valence-corrected chi connectivity index (χ2v) is 6.79. The molecule has 0 aliphatic heterocycles. The van der Waals surface area contributed by atoms with Gasteiger partial charge < -0.3 is 0 Å². The van der Waals surface area contributed by atoms with Crippen molar-refractivity contribution < 1.29 is 0 Å². The maximum absolute atomic E-state index is 5.80. The average Bonchev–Trinajstić information content (AvgIpc) is 2.72. The van der Waals surface area contributed by atoms with Crippen LogP contribution in [0.5, 0.6) is 0 Å². The van der Waals surface area contributed by atoms with Crippen molar-refractivity contribution in [2.45, 2.75) is 39.8 Å². The summed E-state index contributed by atoms with van der Waals surface area (Å²) in [6.45, 7) is 7.05. The van der Waals surface area contributed by atoms with Crippen molar-refractivity contribution in [1.82, 2.24) is 15.2 Å². The summed E-state index contributed by atoms with van der Waals surface area (Å²) in [5.41, 5.74) is 7.53. The second-order valence-electron chi connectivity index (χ2n) is 5.09. The summed E-state index contributed by atoms with van der Waals surface area (Å²) in [6, 6.07) is 6.31. The van der Waals surface area contributed by atoms with E-state index in [1.807, 2.05) is 17.7 Å². The Morgan fingerprint density at radius 1 is 1.33 bits per heavy atom. The van der Waals surface area contributed by atoms with Crippen molar-refractivity contribution in [3.63, 3.8) is 0 Å². The normalized spacial score (nSPS) is 12.7. The Morgan fingerprint density at radius 3 is 2.62 bits per heavy atom. The van der Waals surface area contributed by atoms with Crippen LogP contribution in [0.2, 0.25) is 0 Å². The molecular weight excluding hydrogens is 396 g/mol. The fourth-order valence-corrected chi connectivity index (χ4v) is 3.47. The molecule has 0 fully saturated rings. The molecule has 2 aromatic rings. The molecule has 0 bridgehead atoms. The SMILES string of the molecule is CCn1nc(C)c(Br)c1CC(NN)c1ccc(Br)cc1C. The molecule has 2 rings (SSSR count). The van der Waals surface area contributed by atoms with E-state index in [9.17, 15) is 0 Å². The van der Waals surface area contributed by atoms with Gasteiger partial charge >= 0.3 is 0 Å². The zero-order valence-corrected chi connectivity index (χ0v) is 15.6. The Morgan fingerprint density at radius 2 is 2.05 bits per heavy atom. The summed E-state index contributed by atoms with van der Waals surface area (Å²) >= 11 is 7.14. The first-order valence-electron chi connectivity index (χ1n) is 6.91. The molecule has 0 amide bonds. The summed E-state index contributed by atoms with van der Waals surface area (Å²) in [5, 5.41) is 4.54. The standard InChI is InChI=1S/C15H20Br2N4/c1-4-21-14(15(17)10(3)20-21)8-13(19-18)12-6-5-11(16)7-9(12)2/h5-7,13,19H,4,8,18H2,1-3H3. The summed E-state index contributed by atoms with van der Waals surface area (Å²) in [4.78, 5) is 0. The van der Waals surface area contributed by atoms with Gasteiger partial charge in [-0.1, -0.05) is 22.0 Å². The number of nitrogens with one attached hydrogen (secondary N) is 1. The van der Waals surface area contributed by atoms with Crippen LogP contribution in [0.4, 0.5) is 0 Å². The first kappa shape index (κ1) is 16.7. The predicted molar refractivity (Wildman–Crippen MR) is 93.0 cm³/mol. The topological polar surface area (TPSA) is 55.9 Å². The van der Waals surface area contributed by atoms with Crippen LogP contribution in [0.1, 0.15) is 35.5 Å². The number of nitrogens with zero attached hydrogens (tertiary/aromatic N) is 2. The van der Waals surface area contributed by atoms with Gasteiger partial charge in [0.1, 0.15) is 0 Å². The molecule has 4 nitrogen and oxygen atoms in total.